The zero-order valence-corrected chi connectivity index (χ0v) is 15.8. The summed E-state index contributed by atoms with van der Waals surface area (Å²) < 4.78 is 5.13. The average molecular weight is 369 g/mol. The van der Waals surface area contributed by atoms with E-state index < -0.39 is 6.04 Å². The zero-order chi connectivity index (χ0) is 19.2. The molecule has 1 N–H and O–H groups in total. The van der Waals surface area contributed by atoms with Crippen LogP contribution in [0.2, 0.25) is 0 Å². The number of ether oxygens (including phenoxy) is 1. The normalized spacial score (nSPS) is 21.3. The van der Waals surface area contributed by atoms with Crippen LogP contribution in [-0.4, -0.2) is 42.5 Å². The van der Waals surface area contributed by atoms with Gasteiger partial charge in [0.05, 0.1) is 13.2 Å². The molecular weight excluding hydrogens is 342 g/mol. The molecule has 6 heteroatoms. The average Bonchev–Trinajstić information content (AvgIpc) is 3.21. The molecule has 1 aliphatic carbocycles. The first-order chi connectivity index (χ1) is 13.1. The van der Waals surface area contributed by atoms with Gasteiger partial charge in [0.1, 0.15) is 17.8 Å². The fraction of sp³-hybridized carbons (Fsp3) is 0.571. The Bertz CT molecular complexity index is 704. The van der Waals surface area contributed by atoms with E-state index in [1.807, 2.05) is 0 Å². The summed E-state index contributed by atoms with van der Waals surface area (Å²) in [5, 5.41) is 12.3. The van der Waals surface area contributed by atoms with Gasteiger partial charge in [0.25, 0.3) is 5.91 Å². The number of hydrogen-bond acceptors (Lipinski definition) is 4. The number of hydrogen-bond donors (Lipinski definition) is 1. The maximum atomic E-state index is 13.2. The van der Waals surface area contributed by atoms with Crippen LogP contribution in [0.25, 0.3) is 0 Å². The van der Waals surface area contributed by atoms with Crippen molar-refractivity contribution in [1.82, 2.24) is 10.2 Å². The summed E-state index contributed by atoms with van der Waals surface area (Å²) in [5.41, 5.74) is 0.502. The van der Waals surface area contributed by atoms with Crippen LogP contribution in [0.3, 0.4) is 0 Å². The Labute approximate surface area is 160 Å². The van der Waals surface area contributed by atoms with Crippen LogP contribution >= 0.6 is 0 Å². The topological polar surface area (TPSA) is 82.4 Å². The minimum Gasteiger partial charge on any atom is -0.497 e. The first-order valence-corrected chi connectivity index (χ1v) is 9.79. The van der Waals surface area contributed by atoms with Crippen molar-refractivity contribution in [3.05, 3.63) is 29.8 Å². The highest BCUT2D eigenvalue weighted by molar-refractivity contribution is 5.97. The lowest BCUT2D eigenvalue weighted by molar-refractivity contribution is -0.135. The Morgan fingerprint density at radius 3 is 2.48 bits per heavy atom. The molecule has 6 nitrogen and oxygen atoms in total. The van der Waals surface area contributed by atoms with E-state index in [1.54, 1.807) is 36.3 Å². The number of methoxy groups -OCH3 is 1. The molecule has 1 saturated carbocycles. The van der Waals surface area contributed by atoms with E-state index in [2.05, 4.69) is 11.4 Å². The second-order valence-corrected chi connectivity index (χ2v) is 7.40. The monoisotopic (exact) mass is 369 g/mol. The molecule has 0 bridgehead atoms. The summed E-state index contributed by atoms with van der Waals surface area (Å²) in [6.07, 6.45) is 6.76. The Hall–Kier alpha value is -2.55. The first-order valence-electron chi connectivity index (χ1n) is 9.79. The van der Waals surface area contributed by atoms with Crippen LogP contribution < -0.4 is 10.1 Å². The Morgan fingerprint density at radius 1 is 1.15 bits per heavy atom. The van der Waals surface area contributed by atoms with Crippen molar-refractivity contribution in [1.29, 1.82) is 5.26 Å². The van der Waals surface area contributed by atoms with Crippen molar-refractivity contribution in [3.8, 4) is 11.8 Å². The molecule has 0 radical (unpaired) electrons. The highest BCUT2D eigenvalue weighted by Crippen LogP contribution is 2.29. The molecule has 1 aromatic rings. The van der Waals surface area contributed by atoms with Crippen LogP contribution in [0.15, 0.2) is 24.3 Å². The lowest BCUT2D eigenvalue weighted by atomic mass is 9.83. The van der Waals surface area contributed by atoms with Crippen LogP contribution in [-0.2, 0) is 4.79 Å². The van der Waals surface area contributed by atoms with Gasteiger partial charge in [-0.1, -0.05) is 19.3 Å². The summed E-state index contributed by atoms with van der Waals surface area (Å²) in [6, 6.07) is 8.16. The van der Waals surface area contributed by atoms with Crippen molar-refractivity contribution in [2.45, 2.75) is 57.0 Å². The number of nitrogens with one attached hydrogen (secondary N) is 1. The Kier molecular flexibility index (Phi) is 6.33. The van der Waals surface area contributed by atoms with Gasteiger partial charge in [-0.2, -0.15) is 5.26 Å². The third-order valence-electron chi connectivity index (χ3n) is 5.71. The molecule has 1 heterocycles. The van der Waals surface area contributed by atoms with Crippen LogP contribution in [0.5, 0.6) is 5.75 Å². The van der Waals surface area contributed by atoms with E-state index in [4.69, 9.17) is 4.74 Å². The van der Waals surface area contributed by atoms with Gasteiger partial charge in [-0.25, -0.2) is 0 Å². The predicted octanol–water partition coefficient (Wildman–Crippen LogP) is 2.89. The van der Waals surface area contributed by atoms with Gasteiger partial charge in [-0.15, -0.1) is 0 Å². The summed E-state index contributed by atoms with van der Waals surface area (Å²) in [4.78, 5) is 27.7. The number of benzene rings is 1. The summed E-state index contributed by atoms with van der Waals surface area (Å²) in [5.74, 6) is 0.455. The van der Waals surface area contributed by atoms with E-state index in [-0.39, 0.29) is 23.8 Å². The van der Waals surface area contributed by atoms with Gasteiger partial charge < -0.3 is 15.0 Å². The molecule has 2 fully saturated rings. The molecular formula is C21H27N3O3. The summed E-state index contributed by atoms with van der Waals surface area (Å²) >= 11 is 0. The van der Waals surface area contributed by atoms with E-state index in [0.29, 0.717) is 24.3 Å². The Morgan fingerprint density at radius 2 is 1.85 bits per heavy atom. The highest BCUT2D eigenvalue weighted by atomic mass is 16.5. The molecule has 2 aliphatic rings. The van der Waals surface area contributed by atoms with E-state index in [0.717, 1.165) is 32.1 Å². The molecule has 3 rings (SSSR count). The molecule has 1 aromatic carbocycles. The van der Waals surface area contributed by atoms with Gasteiger partial charge in [-0.3, -0.25) is 9.59 Å². The van der Waals surface area contributed by atoms with E-state index >= 15 is 0 Å². The fourth-order valence-electron chi connectivity index (χ4n) is 4.16. The van der Waals surface area contributed by atoms with Crippen molar-refractivity contribution < 1.29 is 14.3 Å². The quantitative estimate of drug-likeness (QED) is 0.865. The number of rotatable bonds is 5. The second-order valence-electron chi connectivity index (χ2n) is 7.40. The minimum atomic E-state index is -0.561. The highest BCUT2D eigenvalue weighted by Gasteiger charge is 2.38. The summed E-state index contributed by atoms with van der Waals surface area (Å²) in [7, 11) is 1.58. The molecule has 27 heavy (non-hydrogen) atoms. The largest absolute Gasteiger partial charge is 0.497 e. The number of amides is 2. The molecule has 2 amide bonds. The summed E-state index contributed by atoms with van der Waals surface area (Å²) in [6.45, 7) is 0.596. The lowest BCUT2D eigenvalue weighted by Crippen LogP contribution is -2.53. The third kappa shape index (κ3) is 4.41. The number of nitriles is 1. The van der Waals surface area contributed by atoms with Gasteiger partial charge in [0, 0.05) is 12.1 Å². The number of nitrogens with zero attached hydrogens (tertiary/aromatic N) is 2. The minimum absolute atomic E-state index is 0.104. The fourth-order valence-corrected chi connectivity index (χ4v) is 4.16. The van der Waals surface area contributed by atoms with Gasteiger partial charge >= 0.3 is 0 Å². The molecule has 0 spiro atoms. The van der Waals surface area contributed by atoms with Gasteiger partial charge in [0.2, 0.25) is 5.91 Å². The Balaban J connectivity index is 1.77. The SMILES string of the molecule is COc1ccc(C(=O)N[C@H](C(=O)N2CCC[C@H]2C#N)C2CCCCC2)cc1. The van der Waals surface area contributed by atoms with E-state index in [1.165, 1.54) is 6.42 Å². The lowest BCUT2D eigenvalue weighted by Gasteiger charge is -2.33. The van der Waals surface area contributed by atoms with Crippen LogP contribution in [0.4, 0.5) is 0 Å². The first kappa shape index (κ1) is 19.2. The predicted molar refractivity (Wildman–Crippen MR) is 101 cm³/mol. The molecule has 2 atom stereocenters. The molecule has 0 aromatic heterocycles. The van der Waals surface area contributed by atoms with Crippen molar-refractivity contribution >= 4 is 11.8 Å². The number of likely N-dealkylation sites (tertiary alicyclic amines) is 1. The molecule has 1 saturated heterocycles. The maximum absolute atomic E-state index is 13.2. The van der Waals surface area contributed by atoms with Crippen molar-refractivity contribution in [2.24, 2.45) is 5.92 Å². The third-order valence-corrected chi connectivity index (χ3v) is 5.71. The van der Waals surface area contributed by atoms with Gasteiger partial charge in [-0.05, 0) is 55.9 Å². The number of carbonyl (C=O) groups is 2. The molecule has 0 unspecified atom stereocenters. The maximum Gasteiger partial charge on any atom is 0.251 e. The smallest absolute Gasteiger partial charge is 0.251 e. The van der Waals surface area contributed by atoms with Crippen LogP contribution in [0.1, 0.15) is 55.3 Å². The second kappa shape index (κ2) is 8.90. The van der Waals surface area contributed by atoms with Crippen LogP contribution in [0, 0.1) is 17.2 Å². The van der Waals surface area contributed by atoms with Crippen molar-refractivity contribution in [3.63, 3.8) is 0 Å². The van der Waals surface area contributed by atoms with Gasteiger partial charge in [0.15, 0.2) is 0 Å². The van der Waals surface area contributed by atoms with E-state index in [9.17, 15) is 14.9 Å². The number of carbonyl (C=O) groups excluding carboxylic acids is 2. The standard InChI is InChI=1S/C21H27N3O3/c1-27-18-11-9-16(10-12-18)20(25)23-19(15-6-3-2-4-7-15)21(26)24-13-5-8-17(24)14-22/h9-12,15,17,19H,2-8,13H2,1H3,(H,23,25)/t17-,19-/m0/s1. The molecule has 144 valence electrons. The zero-order valence-electron chi connectivity index (χ0n) is 15.8. The molecule has 1 aliphatic heterocycles. The van der Waals surface area contributed by atoms with Crippen molar-refractivity contribution in [2.75, 3.05) is 13.7 Å².